The zero-order chi connectivity index (χ0) is 22.3. The highest BCUT2D eigenvalue weighted by Gasteiger charge is 2.26. The van der Waals surface area contributed by atoms with Crippen molar-refractivity contribution in [3.8, 4) is 11.5 Å². The zero-order valence-electron chi connectivity index (χ0n) is 17.9. The van der Waals surface area contributed by atoms with Crippen LogP contribution in [0.5, 0.6) is 11.5 Å². The predicted octanol–water partition coefficient (Wildman–Crippen LogP) is 1.70. The van der Waals surface area contributed by atoms with E-state index in [0.717, 1.165) is 32.7 Å². The molecule has 0 bridgehead atoms. The first kappa shape index (κ1) is 22.0. The molecule has 0 spiro atoms. The van der Waals surface area contributed by atoms with Gasteiger partial charge in [0.15, 0.2) is 11.5 Å². The van der Waals surface area contributed by atoms with Gasteiger partial charge in [0.1, 0.15) is 13.2 Å². The van der Waals surface area contributed by atoms with E-state index >= 15 is 0 Å². The minimum atomic E-state index is -0.958. The number of fused-ring (bicyclic) bond motifs is 1. The molecule has 3 heterocycles. The van der Waals surface area contributed by atoms with Crippen molar-refractivity contribution in [1.82, 2.24) is 14.8 Å². The van der Waals surface area contributed by atoms with Gasteiger partial charge in [-0.05, 0) is 23.8 Å². The monoisotopic (exact) mass is 440 g/mol. The second-order valence-electron chi connectivity index (χ2n) is 8.08. The molecule has 0 saturated carbocycles. The maximum atomic E-state index is 12.5. The number of aromatic nitrogens is 1. The molecule has 2 aromatic rings. The van der Waals surface area contributed by atoms with Gasteiger partial charge in [-0.15, -0.1) is 0 Å². The molecule has 1 fully saturated rings. The van der Waals surface area contributed by atoms with Crippen molar-refractivity contribution in [2.24, 2.45) is 5.92 Å². The Morgan fingerprint density at radius 3 is 2.53 bits per heavy atom. The lowest BCUT2D eigenvalue weighted by Gasteiger charge is -2.35. The lowest BCUT2D eigenvalue weighted by molar-refractivity contribution is -0.144. The third kappa shape index (κ3) is 5.95. The van der Waals surface area contributed by atoms with Crippen molar-refractivity contribution >= 4 is 17.6 Å². The molecule has 4 rings (SSSR count). The molecule has 2 aliphatic heterocycles. The van der Waals surface area contributed by atoms with E-state index in [4.69, 9.17) is 9.47 Å². The van der Waals surface area contributed by atoms with Crippen LogP contribution < -0.4 is 14.8 Å². The summed E-state index contributed by atoms with van der Waals surface area (Å²) in [5.74, 6) is -0.838. The molecule has 0 radical (unpaired) electrons. The van der Waals surface area contributed by atoms with Crippen molar-refractivity contribution in [1.29, 1.82) is 0 Å². The number of rotatable bonds is 8. The maximum absolute atomic E-state index is 12.5. The Bertz CT molecular complexity index is 931. The number of ether oxygens (including phenoxy) is 2. The van der Waals surface area contributed by atoms with E-state index in [2.05, 4.69) is 26.2 Å². The summed E-state index contributed by atoms with van der Waals surface area (Å²) in [6, 6.07) is 9.15. The predicted molar refractivity (Wildman–Crippen MR) is 118 cm³/mol. The summed E-state index contributed by atoms with van der Waals surface area (Å²) in [4.78, 5) is 32.9. The standard InChI is InChI=1S/C23H28N4O5/c28-22(25-19-3-4-20-21(13-19)32-11-10-31-20)12-18(23(29)30)16-27-8-6-26(7-9-27)15-17-2-1-5-24-14-17/h1-5,13-14,18H,6-12,15-16H2,(H,25,28)(H,29,30)/t18-/m0/s1. The molecular weight excluding hydrogens is 412 g/mol. The molecule has 2 aliphatic rings. The number of carboxylic acid groups (broad SMARTS) is 1. The third-order valence-corrected chi connectivity index (χ3v) is 5.68. The van der Waals surface area contributed by atoms with Crippen LogP contribution in [0, 0.1) is 5.92 Å². The fourth-order valence-electron chi connectivity index (χ4n) is 3.98. The third-order valence-electron chi connectivity index (χ3n) is 5.68. The van der Waals surface area contributed by atoms with Gasteiger partial charge in [0.05, 0.1) is 5.92 Å². The normalized spacial score (nSPS) is 17.5. The van der Waals surface area contributed by atoms with E-state index in [0.29, 0.717) is 36.9 Å². The summed E-state index contributed by atoms with van der Waals surface area (Å²) in [5.41, 5.74) is 1.73. The number of hydrogen-bond donors (Lipinski definition) is 2. The van der Waals surface area contributed by atoms with Crippen molar-refractivity contribution in [3.63, 3.8) is 0 Å². The summed E-state index contributed by atoms with van der Waals surface area (Å²) in [6.45, 7) is 5.39. The van der Waals surface area contributed by atoms with Crippen LogP contribution in [-0.2, 0) is 16.1 Å². The molecule has 32 heavy (non-hydrogen) atoms. The van der Waals surface area contributed by atoms with Gasteiger partial charge in [-0.2, -0.15) is 0 Å². The number of benzene rings is 1. The van der Waals surface area contributed by atoms with Gasteiger partial charge in [-0.1, -0.05) is 6.07 Å². The number of piperazine rings is 1. The summed E-state index contributed by atoms with van der Waals surface area (Å²) in [7, 11) is 0. The molecule has 170 valence electrons. The lowest BCUT2D eigenvalue weighted by atomic mass is 10.0. The number of carboxylic acids is 1. The Labute approximate surface area is 186 Å². The number of carbonyl (C=O) groups is 2. The van der Waals surface area contributed by atoms with E-state index in [1.807, 2.05) is 12.3 Å². The molecule has 1 amide bonds. The molecule has 1 aromatic carbocycles. The van der Waals surface area contributed by atoms with Gasteiger partial charge in [-0.3, -0.25) is 24.4 Å². The molecule has 0 aliphatic carbocycles. The van der Waals surface area contributed by atoms with E-state index < -0.39 is 11.9 Å². The van der Waals surface area contributed by atoms with Gasteiger partial charge in [0, 0.05) is 69.8 Å². The van der Waals surface area contributed by atoms with Gasteiger partial charge in [0.2, 0.25) is 5.91 Å². The number of amides is 1. The highest BCUT2D eigenvalue weighted by molar-refractivity contribution is 5.93. The summed E-state index contributed by atoms with van der Waals surface area (Å²) in [6.07, 6.45) is 3.55. The Balaban J connectivity index is 1.26. The van der Waals surface area contributed by atoms with Crippen LogP contribution in [0.3, 0.4) is 0 Å². The molecule has 1 aromatic heterocycles. The first-order chi connectivity index (χ1) is 15.6. The topological polar surface area (TPSA) is 104 Å². The van der Waals surface area contributed by atoms with Crippen molar-refractivity contribution in [2.75, 3.05) is 51.3 Å². The van der Waals surface area contributed by atoms with E-state index in [1.165, 1.54) is 5.56 Å². The number of hydrogen-bond acceptors (Lipinski definition) is 7. The van der Waals surface area contributed by atoms with Gasteiger partial charge < -0.3 is 19.9 Å². The van der Waals surface area contributed by atoms with Crippen LogP contribution in [-0.4, -0.2) is 77.7 Å². The van der Waals surface area contributed by atoms with E-state index in [-0.39, 0.29) is 12.3 Å². The molecule has 1 saturated heterocycles. The van der Waals surface area contributed by atoms with Crippen LogP contribution >= 0.6 is 0 Å². The number of anilines is 1. The second kappa shape index (κ2) is 10.4. The Hall–Kier alpha value is -3.17. The smallest absolute Gasteiger partial charge is 0.308 e. The van der Waals surface area contributed by atoms with Crippen molar-refractivity contribution in [3.05, 3.63) is 48.3 Å². The zero-order valence-corrected chi connectivity index (χ0v) is 17.9. The first-order valence-corrected chi connectivity index (χ1v) is 10.8. The number of pyridine rings is 1. The van der Waals surface area contributed by atoms with Crippen LogP contribution in [0.15, 0.2) is 42.7 Å². The molecule has 9 heteroatoms. The highest BCUT2D eigenvalue weighted by Crippen LogP contribution is 2.32. The molecule has 0 unspecified atom stereocenters. The number of nitrogens with zero attached hydrogens (tertiary/aromatic N) is 3. The van der Waals surface area contributed by atoms with Gasteiger partial charge >= 0.3 is 5.97 Å². The number of aliphatic carboxylic acids is 1. The van der Waals surface area contributed by atoms with Crippen molar-refractivity contribution < 1.29 is 24.2 Å². The summed E-state index contributed by atoms with van der Waals surface area (Å²) in [5, 5.41) is 12.4. The molecule has 9 nitrogen and oxygen atoms in total. The first-order valence-electron chi connectivity index (χ1n) is 10.8. The Kier molecular flexibility index (Phi) is 7.18. The van der Waals surface area contributed by atoms with E-state index in [1.54, 1.807) is 24.4 Å². The highest BCUT2D eigenvalue weighted by atomic mass is 16.6. The van der Waals surface area contributed by atoms with E-state index in [9.17, 15) is 14.7 Å². The average molecular weight is 441 g/mol. The summed E-state index contributed by atoms with van der Waals surface area (Å²) >= 11 is 0. The maximum Gasteiger partial charge on any atom is 0.308 e. The molecule has 2 N–H and O–H groups in total. The fraction of sp³-hybridized carbons (Fsp3) is 0.435. The number of carbonyl (C=O) groups excluding carboxylic acids is 1. The van der Waals surface area contributed by atoms with Crippen LogP contribution in [0.2, 0.25) is 0 Å². The fourth-order valence-corrected chi connectivity index (χ4v) is 3.98. The van der Waals surface area contributed by atoms with Crippen molar-refractivity contribution in [2.45, 2.75) is 13.0 Å². The van der Waals surface area contributed by atoms with Crippen LogP contribution in [0.4, 0.5) is 5.69 Å². The van der Waals surface area contributed by atoms with Crippen LogP contribution in [0.25, 0.3) is 0 Å². The quantitative estimate of drug-likeness (QED) is 0.639. The minimum absolute atomic E-state index is 0.0837. The Morgan fingerprint density at radius 1 is 1.06 bits per heavy atom. The van der Waals surface area contributed by atoms with Gasteiger partial charge in [0.25, 0.3) is 0 Å². The lowest BCUT2D eigenvalue weighted by Crippen LogP contribution is -2.48. The Morgan fingerprint density at radius 2 is 1.81 bits per heavy atom. The number of nitrogens with one attached hydrogen (secondary N) is 1. The minimum Gasteiger partial charge on any atom is -0.486 e. The summed E-state index contributed by atoms with van der Waals surface area (Å²) < 4.78 is 11.0. The second-order valence-corrected chi connectivity index (χ2v) is 8.08. The average Bonchev–Trinajstić information content (AvgIpc) is 2.80. The van der Waals surface area contributed by atoms with Gasteiger partial charge in [-0.25, -0.2) is 0 Å². The SMILES string of the molecule is O=C(C[C@@H](CN1CCN(Cc2cccnc2)CC1)C(=O)O)Nc1ccc2c(c1)OCCO2. The molecular formula is C23H28N4O5. The molecule has 1 atom stereocenters. The largest absolute Gasteiger partial charge is 0.486 e. The van der Waals surface area contributed by atoms with Crippen LogP contribution in [0.1, 0.15) is 12.0 Å².